The third-order valence-corrected chi connectivity index (χ3v) is 2.49. The third kappa shape index (κ3) is 2.40. The molecule has 1 amide bonds. The van der Waals surface area contributed by atoms with Gasteiger partial charge in [0, 0.05) is 28.7 Å². The maximum Gasteiger partial charge on any atom is 0.365 e. The van der Waals surface area contributed by atoms with Crippen LogP contribution in [0.25, 0.3) is 0 Å². The van der Waals surface area contributed by atoms with Gasteiger partial charge in [-0.15, -0.1) is 0 Å². The van der Waals surface area contributed by atoms with Crippen LogP contribution in [0.4, 0.5) is 14.6 Å². The van der Waals surface area contributed by atoms with Gasteiger partial charge < -0.3 is 15.8 Å². The maximum absolute atomic E-state index is 12.6. The molecule has 0 atom stereocenters. The van der Waals surface area contributed by atoms with Gasteiger partial charge in [-0.25, -0.2) is 8.78 Å². The molecule has 1 aromatic rings. The molecule has 0 spiro atoms. The minimum absolute atomic E-state index is 0.310. The van der Waals surface area contributed by atoms with Crippen molar-refractivity contribution in [3.63, 3.8) is 0 Å². The summed E-state index contributed by atoms with van der Waals surface area (Å²) in [6.45, 7) is 0. The number of nitrogens with two attached hydrogens (primary N) is 1. The molecular weight excluding hydrogens is 339 g/mol. The molecule has 86 valence electrons. The van der Waals surface area contributed by atoms with E-state index in [4.69, 9.17) is 5.73 Å². The molecule has 0 aliphatic rings. The second-order valence-corrected chi connectivity index (χ2v) is 3.68. The summed E-state index contributed by atoms with van der Waals surface area (Å²) in [6, 6.07) is 0.645. The molecule has 0 aromatic carbocycles. The Labute approximate surface area is 101 Å². The summed E-state index contributed by atoms with van der Waals surface area (Å²) in [5, 5.41) is 10.4. The van der Waals surface area contributed by atoms with Crippen LogP contribution < -0.4 is 5.73 Å². The van der Waals surface area contributed by atoms with E-state index in [0.717, 1.165) is 0 Å². The number of aromatic nitrogens is 1. The number of rotatable bonds is 3. The monoisotopic (exact) mass is 343 g/mol. The molecule has 0 bridgehead atoms. The summed E-state index contributed by atoms with van der Waals surface area (Å²) >= 11 is 1.39. The fraction of sp³-hybridized carbons (Fsp3) is 0.143. The summed E-state index contributed by atoms with van der Waals surface area (Å²) in [5.41, 5.74) is 3.60. The highest BCUT2D eigenvalue weighted by atomic mass is 127. The number of nitro groups is 1. The molecular formula is C7H4F2IN3O3. The Bertz CT molecular complexity index is 466. The van der Waals surface area contributed by atoms with Gasteiger partial charge in [-0.05, 0) is 9.91 Å². The predicted molar refractivity (Wildman–Crippen MR) is 57.1 cm³/mol. The van der Waals surface area contributed by atoms with E-state index >= 15 is 0 Å². The van der Waals surface area contributed by atoms with Crippen molar-refractivity contribution in [3.05, 3.63) is 31.0 Å². The lowest BCUT2D eigenvalue weighted by Crippen LogP contribution is -2.16. The van der Waals surface area contributed by atoms with Gasteiger partial charge in [0.1, 0.15) is 0 Å². The largest absolute Gasteiger partial charge is 0.366 e. The second kappa shape index (κ2) is 4.63. The van der Waals surface area contributed by atoms with Gasteiger partial charge >= 0.3 is 5.82 Å². The Hall–Kier alpha value is -1.39. The lowest BCUT2D eigenvalue weighted by molar-refractivity contribution is -0.389. The zero-order chi connectivity index (χ0) is 12.5. The van der Waals surface area contributed by atoms with Gasteiger partial charge in [0.05, 0.1) is 11.1 Å². The molecule has 0 fully saturated rings. The molecule has 1 heterocycles. The molecule has 1 rings (SSSR count). The van der Waals surface area contributed by atoms with Gasteiger partial charge in [-0.3, -0.25) is 4.79 Å². The van der Waals surface area contributed by atoms with Crippen LogP contribution in [0, 0.1) is 13.8 Å². The molecule has 0 aliphatic heterocycles. The van der Waals surface area contributed by atoms with Crippen molar-refractivity contribution in [2.75, 3.05) is 0 Å². The summed E-state index contributed by atoms with van der Waals surface area (Å²) in [7, 11) is 0. The summed E-state index contributed by atoms with van der Waals surface area (Å²) < 4.78 is 24.8. The van der Waals surface area contributed by atoms with Gasteiger partial charge in [-0.2, -0.15) is 0 Å². The quantitative estimate of drug-likeness (QED) is 0.390. The fourth-order valence-corrected chi connectivity index (χ4v) is 1.79. The average molecular weight is 343 g/mol. The van der Waals surface area contributed by atoms with E-state index in [1.807, 2.05) is 0 Å². The van der Waals surface area contributed by atoms with E-state index in [-0.39, 0.29) is 3.70 Å². The van der Waals surface area contributed by atoms with E-state index in [0.29, 0.717) is 6.07 Å². The molecule has 9 heteroatoms. The van der Waals surface area contributed by atoms with Crippen molar-refractivity contribution in [3.8, 4) is 0 Å². The highest BCUT2D eigenvalue weighted by Gasteiger charge is 2.27. The maximum atomic E-state index is 12.6. The molecule has 0 unspecified atom stereocenters. The lowest BCUT2D eigenvalue weighted by atomic mass is 10.1. The highest BCUT2D eigenvalue weighted by Crippen LogP contribution is 2.29. The average Bonchev–Trinajstić information content (AvgIpc) is 2.15. The number of hydrogen-bond donors (Lipinski definition) is 1. The third-order valence-electron chi connectivity index (χ3n) is 1.67. The molecule has 16 heavy (non-hydrogen) atoms. The van der Waals surface area contributed by atoms with Crippen molar-refractivity contribution in [1.82, 2.24) is 4.98 Å². The Morgan fingerprint density at radius 1 is 1.62 bits per heavy atom. The Balaban J connectivity index is 3.52. The van der Waals surface area contributed by atoms with E-state index in [2.05, 4.69) is 4.98 Å². The van der Waals surface area contributed by atoms with Crippen molar-refractivity contribution in [2.24, 2.45) is 5.73 Å². The molecule has 0 saturated heterocycles. The number of hydrogen-bond acceptors (Lipinski definition) is 4. The molecule has 0 aliphatic carbocycles. The van der Waals surface area contributed by atoms with Crippen molar-refractivity contribution < 1.29 is 18.5 Å². The van der Waals surface area contributed by atoms with Crippen molar-refractivity contribution >= 4 is 34.3 Å². The number of halogens is 3. The first-order valence-electron chi connectivity index (χ1n) is 3.77. The van der Waals surface area contributed by atoms with Crippen LogP contribution in [0.2, 0.25) is 0 Å². The van der Waals surface area contributed by atoms with Crippen LogP contribution >= 0.6 is 22.6 Å². The fourth-order valence-electron chi connectivity index (χ4n) is 1.02. The van der Waals surface area contributed by atoms with E-state index in [9.17, 15) is 23.7 Å². The number of alkyl halides is 2. The number of carbonyl (C=O) groups excluding carboxylic acids is 1. The Morgan fingerprint density at radius 3 is 2.56 bits per heavy atom. The van der Waals surface area contributed by atoms with Crippen LogP contribution in [-0.4, -0.2) is 15.8 Å². The first-order chi connectivity index (χ1) is 7.34. The molecule has 2 N–H and O–H groups in total. The number of pyridine rings is 1. The van der Waals surface area contributed by atoms with E-state index in [1.54, 1.807) is 0 Å². The normalized spacial score (nSPS) is 10.5. The van der Waals surface area contributed by atoms with Gasteiger partial charge in [-0.1, -0.05) is 0 Å². The van der Waals surface area contributed by atoms with E-state index in [1.165, 1.54) is 22.6 Å². The number of nitrogens with zero attached hydrogens (tertiary/aromatic N) is 2. The molecule has 6 nitrogen and oxygen atoms in total. The number of carbonyl (C=O) groups is 1. The first-order valence-corrected chi connectivity index (χ1v) is 4.85. The molecule has 0 saturated carbocycles. The number of amides is 1. The Kier molecular flexibility index (Phi) is 3.67. The second-order valence-electron chi connectivity index (χ2n) is 2.65. The summed E-state index contributed by atoms with van der Waals surface area (Å²) in [6.07, 6.45) is -2.97. The zero-order valence-corrected chi connectivity index (χ0v) is 9.64. The lowest BCUT2D eigenvalue weighted by Gasteiger charge is -2.05. The summed E-state index contributed by atoms with van der Waals surface area (Å²) in [4.78, 5) is 23.7. The minimum atomic E-state index is -2.97. The van der Waals surface area contributed by atoms with Crippen molar-refractivity contribution in [2.45, 2.75) is 6.43 Å². The van der Waals surface area contributed by atoms with Gasteiger partial charge in [0.15, 0.2) is 0 Å². The number of primary amides is 1. The van der Waals surface area contributed by atoms with Crippen LogP contribution in [0.15, 0.2) is 6.07 Å². The highest BCUT2D eigenvalue weighted by molar-refractivity contribution is 14.1. The van der Waals surface area contributed by atoms with E-state index < -0.39 is 34.2 Å². The SMILES string of the molecule is NC(=O)c1cc([N+](=O)[O-])nc(I)c1C(F)F. The Morgan fingerprint density at radius 2 is 2.19 bits per heavy atom. The van der Waals surface area contributed by atoms with Crippen LogP contribution in [-0.2, 0) is 0 Å². The predicted octanol–water partition coefficient (Wildman–Crippen LogP) is 1.63. The van der Waals surface area contributed by atoms with Crippen LogP contribution in [0.3, 0.4) is 0 Å². The van der Waals surface area contributed by atoms with Gasteiger partial charge in [0.2, 0.25) is 9.61 Å². The first kappa shape index (κ1) is 12.7. The standard InChI is InChI=1S/C7H4F2IN3O3/c8-5(9)4-2(7(11)14)1-3(13(15)16)12-6(4)10/h1,5H,(H2,11,14). The zero-order valence-electron chi connectivity index (χ0n) is 7.49. The molecule has 0 radical (unpaired) electrons. The topological polar surface area (TPSA) is 99.1 Å². The molecule has 1 aromatic heterocycles. The smallest absolute Gasteiger partial charge is 0.365 e. The van der Waals surface area contributed by atoms with Crippen molar-refractivity contribution in [1.29, 1.82) is 0 Å². The summed E-state index contributed by atoms with van der Waals surface area (Å²) in [5.74, 6) is -1.85. The minimum Gasteiger partial charge on any atom is -0.366 e. The van der Waals surface area contributed by atoms with Crippen LogP contribution in [0.1, 0.15) is 22.3 Å². The van der Waals surface area contributed by atoms with Gasteiger partial charge in [0.25, 0.3) is 6.43 Å². The van der Waals surface area contributed by atoms with Crippen LogP contribution in [0.5, 0.6) is 0 Å².